The van der Waals surface area contributed by atoms with E-state index in [4.69, 9.17) is 0 Å². The number of carbonyl (C=O) groups excluding carboxylic acids is 2. The number of aromatic nitrogens is 1. The predicted molar refractivity (Wildman–Crippen MR) is 122 cm³/mol. The number of piperazine rings is 1. The largest absolute Gasteiger partial charge is 0.335 e. The topological polar surface area (TPSA) is 53.5 Å². The standard InChI is InChI=1S/C26H29N3O2/c1-2-15-28-16-17-29(25(30)19-20-5-3-4-6-20)24(26(28)31)18-21-7-9-22(10-8-21)23-11-13-27-14-12-23/h2-3,5,7-14,20,24H,1,4,6,15-19H2. The molecule has 2 amide bonds. The zero-order chi connectivity index (χ0) is 21.6. The van der Waals surface area contributed by atoms with Crippen molar-refractivity contribution in [3.05, 3.63) is 79.2 Å². The van der Waals surface area contributed by atoms with Gasteiger partial charge in [0.15, 0.2) is 0 Å². The zero-order valence-corrected chi connectivity index (χ0v) is 17.8. The van der Waals surface area contributed by atoms with Gasteiger partial charge in [0.05, 0.1) is 0 Å². The number of pyridine rings is 1. The van der Waals surface area contributed by atoms with E-state index in [1.165, 1.54) is 0 Å². The molecule has 1 aromatic heterocycles. The minimum Gasteiger partial charge on any atom is -0.335 e. The first-order chi connectivity index (χ1) is 15.2. The molecule has 2 heterocycles. The van der Waals surface area contributed by atoms with Crippen LogP contribution >= 0.6 is 0 Å². The average molecular weight is 416 g/mol. The highest BCUT2D eigenvalue weighted by atomic mass is 16.2. The van der Waals surface area contributed by atoms with Crippen molar-refractivity contribution in [3.8, 4) is 11.1 Å². The molecule has 1 saturated heterocycles. The van der Waals surface area contributed by atoms with Gasteiger partial charge in [-0.15, -0.1) is 6.58 Å². The molecule has 160 valence electrons. The van der Waals surface area contributed by atoms with Gasteiger partial charge in [-0.2, -0.15) is 0 Å². The van der Waals surface area contributed by atoms with Crippen LogP contribution in [0.1, 0.15) is 24.8 Å². The number of rotatable bonds is 7. The fourth-order valence-corrected chi connectivity index (χ4v) is 4.48. The summed E-state index contributed by atoms with van der Waals surface area (Å²) in [5.74, 6) is 0.398. The van der Waals surface area contributed by atoms with E-state index in [9.17, 15) is 9.59 Å². The van der Waals surface area contributed by atoms with Crippen molar-refractivity contribution in [2.75, 3.05) is 19.6 Å². The van der Waals surface area contributed by atoms with Gasteiger partial charge < -0.3 is 9.80 Å². The molecule has 31 heavy (non-hydrogen) atoms. The molecule has 1 aromatic carbocycles. The van der Waals surface area contributed by atoms with Crippen molar-refractivity contribution in [3.63, 3.8) is 0 Å². The van der Waals surface area contributed by atoms with Crippen molar-refractivity contribution < 1.29 is 9.59 Å². The summed E-state index contributed by atoms with van der Waals surface area (Å²) in [4.78, 5) is 34.0. The second-order valence-electron chi connectivity index (χ2n) is 8.28. The van der Waals surface area contributed by atoms with Gasteiger partial charge in [-0.3, -0.25) is 14.6 Å². The Kier molecular flexibility index (Phi) is 6.60. The van der Waals surface area contributed by atoms with Gasteiger partial charge in [-0.05, 0) is 47.6 Å². The molecule has 2 aliphatic rings. The fraction of sp³-hybridized carbons (Fsp3) is 0.346. The Hall–Kier alpha value is -3.21. The number of hydrogen-bond acceptors (Lipinski definition) is 3. The van der Waals surface area contributed by atoms with Crippen LogP contribution in [0.4, 0.5) is 0 Å². The van der Waals surface area contributed by atoms with Gasteiger partial charge in [0.25, 0.3) is 0 Å². The smallest absolute Gasteiger partial charge is 0.246 e. The van der Waals surface area contributed by atoms with E-state index in [1.54, 1.807) is 18.5 Å². The Morgan fingerprint density at radius 1 is 1.10 bits per heavy atom. The lowest BCUT2D eigenvalue weighted by molar-refractivity contribution is -0.151. The van der Waals surface area contributed by atoms with E-state index >= 15 is 0 Å². The molecule has 2 atom stereocenters. The first-order valence-corrected chi connectivity index (χ1v) is 11.0. The second kappa shape index (κ2) is 9.73. The predicted octanol–water partition coefficient (Wildman–Crippen LogP) is 3.87. The highest BCUT2D eigenvalue weighted by Crippen LogP contribution is 2.25. The highest BCUT2D eigenvalue weighted by Gasteiger charge is 2.37. The van der Waals surface area contributed by atoms with Gasteiger partial charge in [0.2, 0.25) is 11.8 Å². The van der Waals surface area contributed by atoms with Crippen molar-refractivity contribution in [1.29, 1.82) is 0 Å². The number of hydrogen-bond donors (Lipinski definition) is 0. The molecule has 1 fully saturated rings. The van der Waals surface area contributed by atoms with E-state index in [1.807, 2.05) is 21.9 Å². The molecule has 1 aliphatic heterocycles. The van der Waals surface area contributed by atoms with Crippen LogP contribution in [0.25, 0.3) is 11.1 Å². The Morgan fingerprint density at radius 3 is 2.52 bits per heavy atom. The summed E-state index contributed by atoms with van der Waals surface area (Å²) in [5, 5.41) is 0. The van der Waals surface area contributed by atoms with Crippen LogP contribution in [0.3, 0.4) is 0 Å². The SMILES string of the molecule is C=CCN1CCN(C(=O)CC2C=CCC2)C(Cc2ccc(-c3ccncc3)cc2)C1=O. The Morgan fingerprint density at radius 2 is 1.84 bits per heavy atom. The summed E-state index contributed by atoms with van der Waals surface area (Å²) in [6.45, 7) is 5.43. The summed E-state index contributed by atoms with van der Waals surface area (Å²) in [5.41, 5.74) is 3.26. The molecule has 5 nitrogen and oxygen atoms in total. The molecule has 2 aromatic rings. The number of amides is 2. The lowest BCUT2D eigenvalue weighted by Crippen LogP contribution is -2.59. The Bertz CT molecular complexity index is 952. The first-order valence-electron chi connectivity index (χ1n) is 11.0. The van der Waals surface area contributed by atoms with Crippen LogP contribution in [0.15, 0.2) is 73.6 Å². The van der Waals surface area contributed by atoms with Crippen molar-refractivity contribution >= 4 is 11.8 Å². The minimum atomic E-state index is -0.460. The molecule has 0 N–H and O–H groups in total. The molecule has 1 aliphatic carbocycles. The fourth-order valence-electron chi connectivity index (χ4n) is 4.48. The minimum absolute atomic E-state index is 0.0136. The highest BCUT2D eigenvalue weighted by molar-refractivity contribution is 5.89. The van der Waals surface area contributed by atoms with Crippen molar-refractivity contribution in [1.82, 2.24) is 14.8 Å². The van der Waals surface area contributed by atoms with E-state index in [0.717, 1.165) is 29.5 Å². The third kappa shape index (κ3) is 4.93. The van der Waals surface area contributed by atoms with Crippen LogP contribution in [0, 0.1) is 5.92 Å². The second-order valence-corrected chi connectivity index (χ2v) is 8.28. The van der Waals surface area contributed by atoms with Crippen LogP contribution in [-0.4, -0.2) is 52.3 Å². The van der Waals surface area contributed by atoms with Gasteiger partial charge in [0, 0.05) is 44.9 Å². The number of benzene rings is 1. The van der Waals surface area contributed by atoms with Gasteiger partial charge in [-0.25, -0.2) is 0 Å². The van der Waals surface area contributed by atoms with Gasteiger partial charge in [-0.1, -0.05) is 42.5 Å². The third-order valence-electron chi connectivity index (χ3n) is 6.20. The number of carbonyl (C=O) groups is 2. The number of nitrogens with zero attached hydrogens (tertiary/aromatic N) is 3. The van der Waals surface area contributed by atoms with Crippen LogP contribution in [0.2, 0.25) is 0 Å². The molecule has 5 heteroatoms. The molecule has 4 rings (SSSR count). The normalized spacial score (nSPS) is 20.8. The quantitative estimate of drug-likeness (QED) is 0.645. The maximum absolute atomic E-state index is 13.2. The first kappa shape index (κ1) is 21.0. The van der Waals surface area contributed by atoms with Crippen molar-refractivity contribution in [2.45, 2.75) is 31.7 Å². The lowest BCUT2D eigenvalue weighted by Gasteiger charge is -2.41. The summed E-state index contributed by atoms with van der Waals surface area (Å²) in [6, 6.07) is 11.7. The molecule has 2 unspecified atom stereocenters. The van der Waals surface area contributed by atoms with Crippen LogP contribution in [0.5, 0.6) is 0 Å². The van der Waals surface area contributed by atoms with E-state index in [2.05, 4.69) is 48.0 Å². The van der Waals surface area contributed by atoms with Crippen molar-refractivity contribution in [2.24, 2.45) is 5.92 Å². The average Bonchev–Trinajstić information content (AvgIpc) is 3.31. The van der Waals surface area contributed by atoms with E-state index in [0.29, 0.717) is 38.4 Å². The molecule has 0 spiro atoms. The summed E-state index contributed by atoms with van der Waals surface area (Å²) >= 11 is 0. The Balaban J connectivity index is 1.51. The summed E-state index contributed by atoms with van der Waals surface area (Å²) in [6.07, 6.45) is 12.7. The van der Waals surface area contributed by atoms with Gasteiger partial charge >= 0.3 is 0 Å². The lowest BCUT2D eigenvalue weighted by atomic mass is 9.97. The zero-order valence-electron chi connectivity index (χ0n) is 17.8. The third-order valence-corrected chi connectivity index (χ3v) is 6.20. The maximum Gasteiger partial charge on any atom is 0.246 e. The van der Waals surface area contributed by atoms with E-state index in [-0.39, 0.29) is 11.8 Å². The van der Waals surface area contributed by atoms with Gasteiger partial charge in [0.1, 0.15) is 6.04 Å². The Labute approximate surface area is 184 Å². The van der Waals surface area contributed by atoms with Crippen LogP contribution < -0.4 is 0 Å². The molecular formula is C26H29N3O2. The van der Waals surface area contributed by atoms with E-state index < -0.39 is 6.04 Å². The summed E-state index contributed by atoms with van der Waals surface area (Å²) in [7, 11) is 0. The summed E-state index contributed by atoms with van der Waals surface area (Å²) < 4.78 is 0. The molecular weight excluding hydrogens is 386 g/mol. The maximum atomic E-state index is 13.2. The molecule has 0 radical (unpaired) electrons. The van der Waals surface area contributed by atoms with Crippen LogP contribution in [-0.2, 0) is 16.0 Å². The number of allylic oxidation sites excluding steroid dienone is 2. The molecule has 0 saturated carbocycles. The molecule has 0 bridgehead atoms. The monoisotopic (exact) mass is 415 g/mol.